The van der Waals surface area contributed by atoms with Crippen molar-refractivity contribution in [1.82, 2.24) is 30.0 Å². The highest BCUT2D eigenvalue weighted by molar-refractivity contribution is 7.99. The molecule has 1 N–H and O–H groups in total. The van der Waals surface area contributed by atoms with Gasteiger partial charge in [0.15, 0.2) is 5.65 Å². The molecule has 0 spiro atoms. The van der Waals surface area contributed by atoms with E-state index in [0.717, 1.165) is 52.8 Å². The molecule has 1 amide bonds. The minimum atomic E-state index is -0.250. The Morgan fingerprint density at radius 3 is 2.68 bits per heavy atom. The molecule has 0 aliphatic carbocycles. The molecule has 9 heteroatoms. The van der Waals surface area contributed by atoms with Crippen LogP contribution < -0.4 is 5.32 Å². The molecule has 7 nitrogen and oxygen atoms in total. The SMILES string of the molecule is CN(C)CCNC(=O)CCCCSc1nnc2c3ccccc3n(Cc3ccc(F)cc3)c2n1. The van der Waals surface area contributed by atoms with E-state index < -0.39 is 0 Å². The largest absolute Gasteiger partial charge is 0.355 e. The standard InChI is InChI=1S/C25H29FN6OS/c1-31(2)15-14-27-22(33)9-5-6-16-34-25-28-24-23(29-30-25)20-7-3-4-8-21(20)32(24)17-18-10-12-19(26)13-11-18/h3-4,7-8,10-13H,5-6,9,14-17H2,1-2H3,(H,27,33). The lowest BCUT2D eigenvalue weighted by atomic mass is 10.2. The summed E-state index contributed by atoms with van der Waals surface area (Å²) in [5.41, 5.74) is 3.53. The number of benzene rings is 2. The van der Waals surface area contributed by atoms with Gasteiger partial charge in [-0.2, -0.15) is 0 Å². The van der Waals surface area contributed by atoms with Gasteiger partial charge in [-0.05, 0) is 50.7 Å². The van der Waals surface area contributed by atoms with E-state index in [1.54, 1.807) is 23.9 Å². The number of carbonyl (C=O) groups excluding carboxylic acids is 1. The number of hydrogen-bond acceptors (Lipinski definition) is 6. The highest BCUT2D eigenvalue weighted by Gasteiger charge is 2.15. The van der Waals surface area contributed by atoms with Gasteiger partial charge in [0, 0.05) is 37.2 Å². The average Bonchev–Trinajstić information content (AvgIpc) is 3.13. The van der Waals surface area contributed by atoms with Crippen molar-refractivity contribution in [2.24, 2.45) is 0 Å². The molecule has 0 aliphatic rings. The fraction of sp³-hybridized carbons (Fsp3) is 0.360. The van der Waals surface area contributed by atoms with E-state index in [0.29, 0.717) is 24.7 Å². The molecule has 34 heavy (non-hydrogen) atoms. The third-order valence-electron chi connectivity index (χ3n) is 5.52. The molecule has 178 valence electrons. The number of fused-ring (bicyclic) bond motifs is 3. The van der Waals surface area contributed by atoms with Crippen LogP contribution in [-0.2, 0) is 11.3 Å². The number of thioether (sulfide) groups is 1. The summed E-state index contributed by atoms with van der Waals surface area (Å²) in [5, 5.41) is 13.4. The van der Waals surface area contributed by atoms with Gasteiger partial charge < -0.3 is 14.8 Å². The van der Waals surface area contributed by atoms with Gasteiger partial charge in [-0.1, -0.05) is 42.1 Å². The summed E-state index contributed by atoms with van der Waals surface area (Å²) in [5.74, 6) is 0.660. The van der Waals surface area contributed by atoms with Crippen LogP contribution >= 0.6 is 11.8 Å². The number of nitrogens with zero attached hydrogens (tertiary/aromatic N) is 5. The normalized spacial score (nSPS) is 11.5. The fourth-order valence-electron chi connectivity index (χ4n) is 3.74. The van der Waals surface area contributed by atoms with Gasteiger partial charge in [-0.3, -0.25) is 4.79 Å². The molecule has 0 saturated carbocycles. The maximum atomic E-state index is 13.4. The average molecular weight is 481 g/mol. The minimum absolute atomic E-state index is 0.0940. The third kappa shape index (κ3) is 6.09. The molecular formula is C25H29FN6OS. The molecule has 0 radical (unpaired) electrons. The van der Waals surface area contributed by atoms with Crippen molar-refractivity contribution in [3.8, 4) is 0 Å². The zero-order valence-corrected chi connectivity index (χ0v) is 20.3. The van der Waals surface area contributed by atoms with Gasteiger partial charge in [0.25, 0.3) is 0 Å². The predicted molar refractivity (Wildman–Crippen MR) is 134 cm³/mol. The van der Waals surface area contributed by atoms with E-state index in [1.807, 2.05) is 43.3 Å². The summed E-state index contributed by atoms with van der Waals surface area (Å²) in [6.45, 7) is 2.08. The zero-order valence-electron chi connectivity index (χ0n) is 19.5. The number of likely N-dealkylation sites (N-methyl/N-ethyl adjacent to an activating group) is 1. The zero-order chi connectivity index (χ0) is 23.9. The lowest BCUT2D eigenvalue weighted by Gasteiger charge is -2.10. The van der Waals surface area contributed by atoms with Crippen molar-refractivity contribution in [2.75, 3.05) is 32.9 Å². The summed E-state index contributed by atoms with van der Waals surface area (Å²) < 4.78 is 15.5. The Bertz CT molecular complexity index is 1260. The van der Waals surface area contributed by atoms with Crippen molar-refractivity contribution >= 4 is 39.7 Å². The molecule has 4 rings (SSSR count). The van der Waals surface area contributed by atoms with Gasteiger partial charge in [-0.25, -0.2) is 9.37 Å². The number of aromatic nitrogens is 4. The predicted octanol–water partition coefficient (Wildman–Crippen LogP) is 4.11. The van der Waals surface area contributed by atoms with Crippen LogP contribution in [0.5, 0.6) is 0 Å². The molecule has 0 fully saturated rings. The highest BCUT2D eigenvalue weighted by Crippen LogP contribution is 2.28. The van der Waals surface area contributed by atoms with E-state index >= 15 is 0 Å². The molecule has 0 atom stereocenters. The van der Waals surface area contributed by atoms with Crippen molar-refractivity contribution < 1.29 is 9.18 Å². The lowest BCUT2D eigenvalue weighted by Crippen LogP contribution is -2.31. The Morgan fingerprint density at radius 1 is 1.09 bits per heavy atom. The van der Waals surface area contributed by atoms with Crippen molar-refractivity contribution in [1.29, 1.82) is 0 Å². The molecule has 4 aromatic rings. The minimum Gasteiger partial charge on any atom is -0.355 e. The maximum absolute atomic E-state index is 13.4. The van der Waals surface area contributed by atoms with Crippen LogP contribution in [0.15, 0.2) is 53.7 Å². The lowest BCUT2D eigenvalue weighted by molar-refractivity contribution is -0.121. The van der Waals surface area contributed by atoms with E-state index in [-0.39, 0.29) is 11.7 Å². The summed E-state index contributed by atoms with van der Waals surface area (Å²) in [7, 11) is 3.97. The molecule has 2 aromatic carbocycles. The Hall–Kier alpha value is -3.04. The third-order valence-corrected chi connectivity index (χ3v) is 6.44. The first-order valence-corrected chi connectivity index (χ1v) is 12.4. The maximum Gasteiger partial charge on any atom is 0.220 e. The van der Waals surface area contributed by atoms with Crippen LogP contribution in [0.1, 0.15) is 24.8 Å². The number of halogens is 1. The van der Waals surface area contributed by atoms with Gasteiger partial charge >= 0.3 is 0 Å². The van der Waals surface area contributed by atoms with E-state index in [1.165, 1.54) is 12.1 Å². The molecular weight excluding hydrogens is 451 g/mol. The van der Waals surface area contributed by atoms with Gasteiger partial charge in [0.1, 0.15) is 11.3 Å². The number of nitrogens with one attached hydrogen (secondary N) is 1. The summed E-state index contributed by atoms with van der Waals surface area (Å²) >= 11 is 1.55. The monoisotopic (exact) mass is 480 g/mol. The number of carbonyl (C=O) groups is 1. The van der Waals surface area contributed by atoms with Gasteiger partial charge in [0.05, 0.1) is 5.52 Å². The number of rotatable bonds is 11. The fourth-order valence-corrected chi connectivity index (χ4v) is 4.52. The van der Waals surface area contributed by atoms with Crippen LogP contribution in [-0.4, -0.2) is 63.5 Å². The van der Waals surface area contributed by atoms with Gasteiger partial charge in [-0.15, -0.1) is 10.2 Å². The second-order valence-corrected chi connectivity index (χ2v) is 9.52. The number of para-hydroxylation sites is 1. The van der Waals surface area contributed by atoms with Gasteiger partial charge in [0.2, 0.25) is 11.1 Å². The summed E-state index contributed by atoms with van der Waals surface area (Å²) in [4.78, 5) is 18.8. The van der Waals surface area contributed by atoms with Crippen LogP contribution in [0.2, 0.25) is 0 Å². The van der Waals surface area contributed by atoms with Crippen molar-refractivity contribution in [3.63, 3.8) is 0 Å². The van der Waals surface area contributed by atoms with Crippen LogP contribution in [0.25, 0.3) is 22.1 Å². The second kappa shape index (κ2) is 11.4. The first-order valence-electron chi connectivity index (χ1n) is 11.4. The topological polar surface area (TPSA) is 75.9 Å². The number of amides is 1. The number of hydrogen-bond donors (Lipinski definition) is 1. The molecule has 2 heterocycles. The Labute approximate surface area is 202 Å². The Balaban J connectivity index is 1.41. The van der Waals surface area contributed by atoms with Crippen LogP contribution in [0.3, 0.4) is 0 Å². The molecule has 0 unspecified atom stereocenters. The van der Waals surface area contributed by atoms with Crippen LogP contribution in [0, 0.1) is 5.82 Å². The van der Waals surface area contributed by atoms with E-state index in [9.17, 15) is 9.18 Å². The quantitative estimate of drug-likeness (QED) is 0.257. The van der Waals surface area contributed by atoms with E-state index in [4.69, 9.17) is 4.98 Å². The summed E-state index contributed by atoms with van der Waals surface area (Å²) in [6.07, 6.45) is 2.24. The smallest absolute Gasteiger partial charge is 0.220 e. The molecule has 0 saturated heterocycles. The van der Waals surface area contributed by atoms with Crippen LogP contribution in [0.4, 0.5) is 4.39 Å². The first kappa shape index (κ1) is 24.1. The number of unbranched alkanes of at least 4 members (excludes halogenated alkanes) is 1. The Morgan fingerprint density at radius 2 is 1.88 bits per heavy atom. The Kier molecular flexibility index (Phi) is 8.08. The second-order valence-electron chi connectivity index (χ2n) is 8.46. The summed E-state index contributed by atoms with van der Waals surface area (Å²) in [6, 6.07) is 14.5. The first-order chi connectivity index (χ1) is 16.5. The molecule has 2 aromatic heterocycles. The van der Waals surface area contributed by atoms with E-state index in [2.05, 4.69) is 20.1 Å². The molecule has 0 aliphatic heterocycles. The van der Waals surface area contributed by atoms with Crippen molar-refractivity contribution in [2.45, 2.75) is 31.0 Å². The highest BCUT2D eigenvalue weighted by atomic mass is 32.2. The molecule has 0 bridgehead atoms. The van der Waals surface area contributed by atoms with Crippen molar-refractivity contribution in [3.05, 3.63) is 59.9 Å².